The van der Waals surface area contributed by atoms with Crippen LogP contribution in [0.4, 0.5) is 14.7 Å². The largest absolute Gasteiger partial charge is 0.384 e. The van der Waals surface area contributed by atoms with Crippen LogP contribution in [-0.4, -0.2) is 32.6 Å². The Balaban J connectivity index is 1.24. The zero-order chi connectivity index (χ0) is 27.8. The Bertz CT molecular complexity index is 1720. The van der Waals surface area contributed by atoms with Gasteiger partial charge < -0.3 is 11.1 Å². The molecule has 4 aromatic rings. The van der Waals surface area contributed by atoms with Crippen molar-refractivity contribution in [1.82, 2.24) is 15.2 Å². The van der Waals surface area contributed by atoms with Crippen molar-refractivity contribution >= 4 is 66.6 Å². The lowest BCUT2D eigenvalue weighted by atomic mass is 9.76. The van der Waals surface area contributed by atoms with Crippen molar-refractivity contribution in [1.29, 1.82) is 5.26 Å². The van der Waals surface area contributed by atoms with Crippen LogP contribution in [-0.2, 0) is 9.59 Å². The van der Waals surface area contributed by atoms with Crippen LogP contribution in [0.5, 0.6) is 0 Å². The summed E-state index contributed by atoms with van der Waals surface area (Å²) in [7, 11) is 0. The monoisotopic (exact) mass is 589 g/mol. The van der Waals surface area contributed by atoms with Crippen molar-refractivity contribution < 1.29 is 14.0 Å². The summed E-state index contributed by atoms with van der Waals surface area (Å²) in [6, 6.07) is 15.6. The number of nitrogens with two attached hydrogens (primary N) is 1. The first-order chi connectivity index (χ1) is 19.4. The van der Waals surface area contributed by atoms with Crippen LogP contribution in [0.25, 0.3) is 10.2 Å². The molecule has 0 saturated carbocycles. The third-order valence-electron chi connectivity index (χ3n) is 6.57. The van der Waals surface area contributed by atoms with Crippen LogP contribution < -0.4 is 16.0 Å². The van der Waals surface area contributed by atoms with Gasteiger partial charge in [0.15, 0.2) is 15.3 Å². The molecule has 0 saturated heterocycles. The Labute approximate surface area is 240 Å². The van der Waals surface area contributed by atoms with Crippen LogP contribution in [0.1, 0.15) is 30.7 Å². The molecule has 0 fully saturated rings. The Morgan fingerprint density at radius 1 is 1.18 bits per heavy atom. The summed E-state index contributed by atoms with van der Waals surface area (Å²) in [6.45, 7) is 0. The molecule has 0 radical (unpaired) electrons. The van der Waals surface area contributed by atoms with E-state index in [1.54, 1.807) is 17.0 Å². The van der Waals surface area contributed by atoms with Crippen LogP contribution in [0.3, 0.4) is 0 Å². The standard InChI is InChI=1S/C27H20FN7O2S3/c28-15-10-8-14(9-11-15)22-16(12-29)24(30)35(18-5-3-6-19(36)23(18)22)26-33-34-27(40-26)38-13-21(37)32-25-31-17-4-1-2-7-20(17)39-25/h1-2,4,7-11,22H,3,5-6,13,30H2,(H,31,32,37). The van der Waals surface area contributed by atoms with E-state index in [1.165, 1.54) is 46.6 Å². The van der Waals surface area contributed by atoms with E-state index in [0.717, 1.165) is 10.2 Å². The van der Waals surface area contributed by atoms with E-state index in [0.29, 0.717) is 50.7 Å². The van der Waals surface area contributed by atoms with Gasteiger partial charge in [0.1, 0.15) is 11.6 Å². The number of carbonyl (C=O) groups is 2. The van der Waals surface area contributed by atoms with E-state index in [-0.39, 0.29) is 28.8 Å². The molecule has 2 aliphatic rings. The SMILES string of the molecule is N#CC1=C(N)N(c2nnc(SCC(=O)Nc3nc4ccccc4s3)s2)C2=C(C(=O)CCC2)C1c1ccc(F)cc1. The van der Waals surface area contributed by atoms with E-state index < -0.39 is 11.7 Å². The smallest absolute Gasteiger partial charge is 0.236 e. The van der Waals surface area contributed by atoms with Gasteiger partial charge in [0.2, 0.25) is 11.0 Å². The van der Waals surface area contributed by atoms with Crippen molar-refractivity contribution in [3.63, 3.8) is 0 Å². The summed E-state index contributed by atoms with van der Waals surface area (Å²) in [4.78, 5) is 31.8. The fraction of sp³-hybridized carbons (Fsp3) is 0.185. The highest BCUT2D eigenvalue weighted by Gasteiger charge is 2.41. The first kappa shape index (κ1) is 26.1. The van der Waals surface area contributed by atoms with Crippen molar-refractivity contribution in [3.05, 3.63) is 82.6 Å². The van der Waals surface area contributed by atoms with E-state index >= 15 is 0 Å². The third kappa shape index (κ3) is 4.85. The second-order valence-corrected chi connectivity index (χ2v) is 12.3. The summed E-state index contributed by atoms with van der Waals surface area (Å²) < 4.78 is 15.2. The maximum Gasteiger partial charge on any atom is 0.236 e. The summed E-state index contributed by atoms with van der Waals surface area (Å²) >= 11 is 3.84. The molecule has 2 aromatic carbocycles. The van der Waals surface area contributed by atoms with Crippen molar-refractivity contribution in [2.75, 3.05) is 16.0 Å². The fourth-order valence-corrected chi connectivity index (χ4v) is 7.42. The molecule has 1 aliphatic carbocycles. The minimum absolute atomic E-state index is 0.0774. The first-order valence-electron chi connectivity index (χ1n) is 12.3. The molecule has 0 spiro atoms. The molecule has 1 aliphatic heterocycles. The Hall–Kier alpha value is -4.12. The number of aromatic nitrogens is 3. The van der Waals surface area contributed by atoms with Crippen LogP contribution in [0, 0.1) is 17.1 Å². The maximum atomic E-state index is 13.6. The highest BCUT2D eigenvalue weighted by molar-refractivity contribution is 8.01. The zero-order valence-corrected chi connectivity index (χ0v) is 23.2. The predicted molar refractivity (Wildman–Crippen MR) is 153 cm³/mol. The number of nitrogens with zero attached hydrogens (tertiary/aromatic N) is 5. The van der Waals surface area contributed by atoms with E-state index in [4.69, 9.17) is 5.73 Å². The van der Waals surface area contributed by atoms with Crippen molar-refractivity contribution in [2.45, 2.75) is 29.5 Å². The number of allylic oxidation sites excluding steroid dienone is 3. The molecule has 1 amide bonds. The number of halogens is 1. The molecular formula is C27H20FN7O2S3. The van der Waals surface area contributed by atoms with Crippen LogP contribution in [0.15, 0.2) is 75.5 Å². The van der Waals surface area contributed by atoms with Gasteiger partial charge in [-0.15, -0.1) is 10.2 Å². The lowest BCUT2D eigenvalue weighted by molar-refractivity contribution is -0.116. The number of benzene rings is 2. The second kappa shape index (κ2) is 10.8. The average Bonchev–Trinajstić information content (AvgIpc) is 3.58. The lowest BCUT2D eigenvalue weighted by Crippen LogP contribution is -2.38. The molecule has 3 N–H and O–H groups in total. The summed E-state index contributed by atoms with van der Waals surface area (Å²) in [5.74, 6) is -1.14. The normalized spacial score (nSPS) is 17.2. The van der Waals surface area contributed by atoms with Gasteiger partial charge in [-0.25, -0.2) is 9.37 Å². The van der Waals surface area contributed by atoms with E-state index in [2.05, 4.69) is 26.6 Å². The minimum atomic E-state index is -0.683. The Kier molecular flexibility index (Phi) is 7.05. The van der Waals surface area contributed by atoms with Crippen LogP contribution in [0.2, 0.25) is 0 Å². The van der Waals surface area contributed by atoms with Crippen LogP contribution >= 0.6 is 34.4 Å². The number of anilines is 2. The number of thiazole rings is 1. The number of carbonyl (C=O) groups excluding carboxylic acids is 2. The van der Waals surface area contributed by atoms with Crippen molar-refractivity contribution in [3.8, 4) is 6.07 Å². The number of nitriles is 1. The molecule has 13 heteroatoms. The molecule has 200 valence electrons. The number of rotatable bonds is 6. The van der Waals surface area contributed by atoms with Gasteiger partial charge >= 0.3 is 0 Å². The molecule has 3 heterocycles. The number of thioether (sulfide) groups is 1. The molecule has 1 atom stereocenters. The number of Topliss-reactive ketones (excluding diaryl/α,β-unsaturated/α-hetero) is 1. The number of para-hydroxylation sites is 1. The molecule has 0 bridgehead atoms. The highest BCUT2D eigenvalue weighted by Crippen LogP contribution is 2.47. The minimum Gasteiger partial charge on any atom is -0.384 e. The third-order valence-corrected chi connectivity index (χ3v) is 9.56. The molecule has 40 heavy (non-hydrogen) atoms. The molecule has 9 nitrogen and oxygen atoms in total. The van der Waals surface area contributed by atoms with Crippen molar-refractivity contribution in [2.24, 2.45) is 5.73 Å². The molecule has 1 unspecified atom stereocenters. The topological polar surface area (TPSA) is 138 Å². The highest BCUT2D eigenvalue weighted by atomic mass is 32.2. The van der Waals surface area contributed by atoms with Gasteiger partial charge in [0, 0.05) is 17.7 Å². The zero-order valence-electron chi connectivity index (χ0n) is 20.8. The number of fused-ring (bicyclic) bond motifs is 1. The van der Waals surface area contributed by atoms with Gasteiger partial charge in [-0.3, -0.25) is 14.5 Å². The van der Waals surface area contributed by atoms with Gasteiger partial charge in [-0.05, 0) is 42.7 Å². The summed E-state index contributed by atoms with van der Waals surface area (Å²) in [5, 5.41) is 22.4. The van der Waals surface area contributed by atoms with Gasteiger partial charge in [-0.2, -0.15) is 5.26 Å². The first-order valence-corrected chi connectivity index (χ1v) is 14.9. The molecule has 6 rings (SSSR count). The summed E-state index contributed by atoms with van der Waals surface area (Å²) in [6.07, 6.45) is 1.54. The average molecular weight is 590 g/mol. The molecular weight excluding hydrogens is 570 g/mol. The van der Waals surface area contributed by atoms with E-state index in [1.807, 2.05) is 24.3 Å². The van der Waals surface area contributed by atoms with Gasteiger partial charge in [-0.1, -0.05) is 58.7 Å². The number of hydrogen-bond donors (Lipinski definition) is 2. The number of amides is 1. The quantitative estimate of drug-likeness (QED) is 0.286. The number of hydrogen-bond acceptors (Lipinski definition) is 11. The Morgan fingerprint density at radius 3 is 2.75 bits per heavy atom. The molecule has 2 aromatic heterocycles. The number of nitrogens with one attached hydrogen (secondary N) is 1. The lowest BCUT2D eigenvalue weighted by Gasteiger charge is -2.38. The predicted octanol–water partition coefficient (Wildman–Crippen LogP) is 5.32. The Morgan fingerprint density at radius 2 is 1.98 bits per heavy atom. The maximum absolute atomic E-state index is 13.6. The van der Waals surface area contributed by atoms with Gasteiger partial charge in [0.25, 0.3) is 0 Å². The fourth-order valence-electron chi connectivity index (χ4n) is 4.85. The van der Waals surface area contributed by atoms with E-state index in [9.17, 15) is 19.2 Å². The van der Waals surface area contributed by atoms with Gasteiger partial charge in [0.05, 0.1) is 33.5 Å². The number of ketones is 1. The second-order valence-electron chi connectivity index (χ2n) is 9.04. The summed E-state index contributed by atoms with van der Waals surface area (Å²) in [5.41, 5.74) is 9.34.